The van der Waals surface area contributed by atoms with Crippen molar-refractivity contribution in [2.75, 3.05) is 16.8 Å². The van der Waals surface area contributed by atoms with E-state index in [9.17, 15) is 4.39 Å². The fraction of sp³-hybridized carbons (Fsp3) is 0.118. The van der Waals surface area contributed by atoms with Crippen molar-refractivity contribution in [2.24, 2.45) is 0 Å². The van der Waals surface area contributed by atoms with Crippen LogP contribution in [0.4, 0.5) is 27.5 Å². The van der Waals surface area contributed by atoms with Crippen LogP contribution in [0.25, 0.3) is 0 Å². The second kappa shape index (κ2) is 5.64. The summed E-state index contributed by atoms with van der Waals surface area (Å²) in [6.07, 6.45) is 2.59. The maximum absolute atomic E-state index is 13.7. The molecule has 3 aromatic rings. The fourth-order valence-corrected chi connectivity index (χ4v) is 2.74. The van der Waals surface area contributed by atoms with Gasteiger partial charge >= 0.3 is 0 Å². The Bertz CT molecular complexity index is 852. The number of benzene rings is 2. The molecule has 5 nitrogen and oxygen atoms in total. The van der Waals surface area contributed by atoms with Crippen molar-refractivity contribution in [3.05, 3.63) is 66.1 Å². The summed E-state index contributed by atoms with van der Waals surface area (Å²) in [5, 5.41) is 10.8. The summed E-state index contributed by atoms with van der Waals surface area (Å²) in [5.74, 6) is 0.619. The number of para-hydroxylation sites is 2. The molecule has 0 aliphatic carbocycles. The maximum Gasteiger partial charge on any atom is 0.249 e. The Labute approximate surface area is 132 Å². The molecule has 0 amide bonds. The predicted octanol–water partition coefficient (Wildman–Crippen LogP) is 3.45. The lowest BCUT2D eigenvalue weighted by atomic mass is 10.2. The summed E-state index contributed by atoms with van der Waals surface area (Å²) < 4.78 is 13.7. The zero-order valence-corrected chi connectivity index (χ0v) is 12.3. The van der Waals surface area contributed by atoms with E-state index in [2.05, 4.69) is 37.5 Å². The summed E-state index contributed by atoms with van der Waals surface area (Å²) in [4.78, 5) is 6.56. The summed E-state index contributed by atoms with van der Waals surface area (Å²) in [7, 11) is 0. The van der Waals surface area contributed by atoms with Crippen LogP contribution in [0.1, 0.15) is 5.56 Å². The molecule has 0 fully saturated rings. The molecule has 0 saturated carbocycles. The van der Waals surface area contributed by atoms with Crippen LogP contribution in [0.3, 0.4) is 0 Å². The van der Waals surface area contributed by atoms with Gasteiger partial charge in [-0.3, -0.25) is 0 Å². The van der Waals surface area contributed by atoms with Crippen LogP contribution >= 0.6 is 0 Å². The molecule has 6 heteroatoms. The number of fused-ring (bicyclic) bond motifs is 1. The van der Waals surface area contributed by atoms with Gasteiger partial charge in [0.25, 0.3) is 0 Å². The SMILES string of the molecule is Fc1ccccc1Nc1nncc(N2CCc3ccccc32)n1. The highest BCUT2D eigenvalue weighted by molar-refractivity contribution is 5.67. The van der Waals surface area contributed by atoms with Crippen LogP contribution in [0.15, 0.2) is 54.7 Å². The Morgan fingerprint density at radius 2 is 1.87 bits per heavy atom. The van der Waals surface area contributed by atoms with Crippen LogP contribution in [0.5, 0.6) is 0 Å². The van der Waals surface area contributed by atoms with Crippen LogP contribution in [-0.2, 0) is 6.42 Å². The van der Waals surface area contributed by atoms with E-state index in [0.29, 0.717) is 11.5 Å². The first-order valence-electron chi connectivity index (χ1n) is 7.38. The number of nitrogens with one attached hydrogen (secondary N) is 1. The Hall–Kier alpha value is -3.02. The molecule has 1 aromatic heterocycles. The van der Waals surface area contributed by atoms with Gasteiger partial charge in [-0.05, 0) is 30.2 Å². The molecule has 114 valence electrons. The first-order chi connectivity index (χ1) is 11.3. The van der Waals surface area contributed by atoms with E-state index < -0.39 is 0 Å². The van der Waals surface area contributed by atoms with Crippen LogP contribution in [-0.4, -0.2) is 21.7 Å². The molecular weight excluding hydrogens is 293 g/mol. The minimum Gasteiger partial charge on any atom is -0.324 e. The molecule has 0 atom stereocenters. The number of aromatic nitrogens is 3. The van der Waals surface area contributed by atoms with E-state index in [1.807, 2.05) is 12.1 Å². The van der Waals surface area contributed by atoms with E-state index in [0.717, 1.165) is 18.7 Å². The number of anilines is 4. The van der Waals surface area contributed by atoms with E-state index >= 15 is 0 Å². The van der Waals surface area contributed by atoms with Gasteiger partial charge in [0.05, 0.1) is 11.9 Å². The topological polar surface area (TPSA) is 53.9 Å². The average Bonchev–Trinajstić information content (AvgIpc) is 3.01. The zero-order valence-electron chi connectivity index (χ0n) is 12.3. The lowest BCUT2D eigenvalue weighted by molar-refractivity contribution is 0.631. The first-order valence-corrected chi connectivity index (χ1v) is 7.38. The highest BCUT2D eigenvalue weighted by atomic mass is 19.1. The van der Waals surface area contributed by atoms with Gasteiger partial charge in [0.1, 0.15) is 5.82 Å². The van der Waals surface area contributed by atoms with Gasteiger partial charge in [0.2, 0.25) is 5.95 Å². The van der Waals surface area contributed by atoms with Gasteiger partial charge in [-0.15, -0.1) is 5.10 Å². The molecule has 0 bridgehead atoms. The summed E-state index contributed by atoms with van der Waals surface area (Å²) in [6, 6.07) is 14.6. The zero-order chi connectivity index (χ0) is 15.6. The smallest absolute Gasteiger partial charge is 0.249 e. The van der Waals surface area contributed by atoms with Crippen molar-refractivity contribution >= 4 is 23.1 Å². The Morgan fingerprint density at radius 3 is 2.78 bits per heavy atom. The molecule has 0 radical (unpaired) electrons. The van der Waals surface area contributed by atoms with Crippen molar-refractivity contribution in [2.45, 2.75) is 6.42 Å². The van der Waals surface area contributed by atoms with Crippen LogP contribution in [0, 0.1) is 5.82 Å². The molecule has 23 heavy (non-hydrogen) atoms. The number of hydrogen-bond acceptors (Lipinski definition) is 5. The van der Waals surface area contributed by atoms with Gasteiger partial charge in [0, 0.05) is 12.2 Å². The molecule has 1 aliphatic heterocycles. The quantitative estimate of drug-likeness (QED) is 0.803. The van der Waals surface area contributed by atoms with Crippen molar-refractivity contribution in [1.29, 1.82) is 0 Å². The fourth-order valence-electron chi connectivity index (χ4n) is 2.74. The number of rotatable bonds is 3. The van der Waals surface area contributed by atoms with Crippen molar-refractivity contribution in [1.82, 2.24) is 15.2 Å². The Kier molecular flexibility index (Phi) is 3.34. The van der Waals surface area contributed by atoms with E-state index in [-0.39, 0.29) is 11.8 Å². The summed E-state index contributed by atoms with van der Waals surface area (Å²) in [5.41, 5.74) is 2.74. The Morgan fingerprint density at radius 1 is 1.04 bits per heavy atom. The highest BCUT2D eigenvalue weighted by Gasteiger charge is 2.21. The maximum atomic E-state index is 13.7. The van der Waals surface area contributed by atoms with Gasteiger partial charge in [-0.2, -0.15) is 10.1 Å². The third-order valence-corrected chi connectivity index (χ3v) is 3.83. The third kappa shape index (κ3) is 2.59. The first kappa shape index (κ1) is 13.6. The van der Waals surface area contributed by atoms with Crippen molar-refractivity contribution < 1.29 is 4.39 Å². The minimum atomic E-state index is -0.354. The van der Waals surface area contributed by atoms with E-state index in [1.165, 1.54) is 11.6 Å². The number of halogens is 1. The molecule has 1 N–H and O–H groups in total. The van der Waals surface area contributed by atoms with Crippen molar-refractivity contribution in [3.63, 3.8) is 0 Å². The van der Waals surface area contributed by atoms with E-state index in [4.69, 9.17) is 0 Å². The Balaban J connectivity index is 1.64. The molecule has 2 heterocycles. The number of nitrogens with zero attached hydrogens (tertiary/aromatic N) is 4. The molecule has 4 rings (SSSR count). The van der Waals surface area contributed by atoms with Gasteiger partial charge in [-0.1, -0.05) is 30.3 Å². The third-order valence-electron chi connectivity index (χ3n) is 3.83. The largest absolute Gasteiger partial charge is 0.324 e. The molecular formula is C17H14FN5. The van der Waals surface area contributed by atoms with Gasteiger partial charge < -0.3 is 10.2 Å². The predicted molar refractivity (Wildman–Crippen MR) is 86.7 cm³/mol. The molecule has 1 aliphatic rings. The van der Waals surface area contributed by atoms with Crippen LogP contribution < -0.4 is 10.2 Å². The highest BCUT2D eigenvalue weighted by Crippen LogP contribution is 2.33. The van der Waals surface area contributed by atoms with Crippen molar-refractivity contribution in [3.8, 4) is 0 Å². The molecule has 0 spiro atoms. The van der Waals surface area contributed by atoms with Crippen LogP contribution in [0.2, 0.25) is 0 Å². The summed E-state index contributed by atoms with van der Waals surface area (Å²) in [6.45, 7) is 0.844. The average molecular weight is 307 g/mol. The molecule has 0 unspecified atom stereocenters. The second-order valence-electron chi connectivity index (χ2n) is 5.27. The summed E-state index contributed by atoms with van der Waals surface area (Å²) >= 11 is 0. The standard InChI is InChI=1S/C17H14FN5/c18-13-6-2-3-7-14(13)20-17-21-16(11-19-22-17)23-10-9-12-5-1-4-8-15(12)23/h1-8,11H,9-10H2,(H,20,21,22). The molecule has 0 saturated heterocycles. The lowest BCUT2D eigenvalue weighted by Crippen LogP contribution is -2.16. The molecule has 2 aromatic carbocycles. The monoisotopic (exact) mass is 307 g/mol. The van der Waals surface area contributed by atoms with Gasteiger partial charge in [0.15, 0.2) is 5.82 Å². The number of hydrogen-bond donors (Lipinski definition) is 1. The lowest BCUT2D eigenvalue weighted by Gasteiger charge is -2.18. The second-order valence-corrected chi connectivity index (χ2v) is 5.27. The van der Waals surface area contributed by atoms with E-state index in [1.54, 1.807) is 24.4 Å². The normalized spacial score (nSPS) is 13.0. The minimum absolute atomic E-state index is 0.275. The van der Waals surface area contributed by atoms with Gasteiger partial charge in [-0.25, -0.2) is 4.39 Å².